The number of para-hydroxylation sites is 1. The molecule has 7 nitrogen and oxygen atoms in total. The maximum absolute atomic E-state index is 12.1. The maximum atomic E-state index is 12.1. The molecule has 2 aromatic rings. The van der Waals surface area contributed by atoms with Gasteiger partial charge >= 0.3 is 5.97 Å². The predicted octanol–water partition coefficient (Wildman–Crippen LogP) is 1.30. The average molecular weight is 356 g/mol. The summed E-state index contributed by atoms with van der Waals surface area (Å²) < 4.78 is 7.77. The maximum Gasteiger partial charge on any atom is 0.325 e. The van der Waals surface area contributed by atoms with Gasteiger partial charge in [-0.05, 0) is 5.56 Å². The van der Waals surface area contributed by atoms with Crippen molar-refractivity contribution in [2.24, 2.45) is 7.05 Å². The Balaban J connectivity index is 1.47. The van der Waals surface area contributed by atoms with E-state index in [1.54, 1.807) is 0 Å². The number of fused-ring (bicyclic) bond motifs is 1. The number of piperazine rings is 1. The van der Waals surface area contributed by atoms with Crippen LogP contribution in [0, 0.1) is 0 Å². The number of benzene rings is 1. The lowest BCUT2D eigenvalue weighted by Crippen LogP contribution is -2.49. The molecule has 0 spiro atoms. The average Bonchev–Trinajstić information content (AvgIpc) is 3.26. The third kappa shape index (κ3) is 3.20. The van der Waals surface area contributed by atoms with E-state index in [0.717, 1.165) is 48.8 Å². The van der Waals surface area contributed by atoms with Gasteiger partial charge in [0.25, 0.3) is 0 Å². The summed E-state index contributed by atoms with van der Waals surface area (Å²) in [5.74, 6) is 0.990. The van der Waals surface area contributed by atoms with E-state index in [0.29, 0.717) is 19.7 Å². The number of hydrogen-bond donors (Lipinski definition) is 1. The first-order valence-corrected chi connectivity index (χ1v) is 9.03. The van der Waals surface area contributed by atoms with Gasteiger partial charge in [-0.15, -0.1) is 0 Å². The Morgan fingerprint density at radius 1 is 1.31 bits per heavy atom. The van der Waals surface area contributed by atoms with Gasteiger partial charge in [0.15, 0.2) is 0 Å². The minimum atomic E-state index is -0.813. The van der Waals surface area contributed by atoms with Crippen molar-refractivity contribution in [2.45, 2.75) is 19.0 Å². The number of rotatable bonds is 5. The van der Waals surface area contributed by atoms with Crippen molar-refractivity contribution in [2.75, 3.05) is 32.8 Å². The second-order valence-electron chi connectivity index (χ2n) is 6.94. The van der Waals surface area contributed by atoms with Crippen LogP contribution in [-0.4, -0.2) is 63.2 Å². The molecule has 0 unspecified atom stereocenters. The molecule has 1 aromatic heterocycles. The molecule has 3 heterocycles. The molecule has 1 fully saturated rings. The normalized spacial score (nSPS) is 19.1. The number of aliphatic carboxylic acids is 1. The molecule has 0 radical (unpaired) electrons. The highest BCUT2D eigenvalue weighted by Crippen LogP contribution is 2.36. The van der Waals surface area contributed by atoms with Crippen molar-refractivity contribution in [3.05, 3.63) is 47.5 Å². The lowest BCUT2D eigenvalue weighted by atomic mass is 10.00. The van der Waals surface area contributed by atoms with Crippen LogP contribution in [0.15, 0.2) is 30.6 Å². The zero-order valence-electron chi connectivity index (χ0n) is 15.0. The molecule has 2 aliphatic heterocycles. The highest BCUT2D eigenvalue weighted by molar-refractivity contribution is 5.77. The molecule has 0 bridgehead atoms. The summed E-state index contributed by atoms with van der Waals surface area (Å²) in [6, 6.07) is 5.20. The number of carboxylic acids is 1. The van der Waals surface area contributed by atoms with Crippen LogP contribution < -0.4 is 4.74 Å². The van der Waals surface area contributed by atoms with Gasteiger partial charge in [0.05, 0.1) is 13.2 Å². The molecule has 0 amide bonds. The van der Waals surface area contributed by atoms with Crippen molar-refractivity contribution < 1.29 is 14.6 Å². The number of nitrogens with zero attached hydrogens (tertiary/aromatic N) is 4. The molecule has 7 heteroatoms. The standard InChI is InChI=1S/C19H24N4O3/c1-21-7-6-20-16(21)13-22-8-10-23(11-9-22)17(19(24)25)15-4-2-3-14-5-12-26-18(14)15/h2-4,6-7,17H,5,8-13H2,1H3,(H,24,25)/t17-/m1/s1. The Hall–Kier alpha value is -2.38. The number of ether oxygens (including phenoxy) is 1. The van der Waals surface area contributed by atoms with Gasteiger partial charge in [-0.3, -0.25) is 14.6 Å². The lowest BCUT2D eigenvalue weighted by Gasteiger charge is -2.37. The van der Waals surface area contributed by atoms with E-state index in [9.17, 15) is 9.90 Å². The van der Waals surface area contributed by atoms with Crippen molar-refractivity contribution in [1.82, 2.24) is 19.4 Å². The van der Waals surface area contributed by atoms with E-state index in [4.69, 9.17) is 4.74 Å². The van der Waals surface area contributed by atoms with Crippen LogP contribution in [-0.2, 0) is 24.8 Å². The van der Waals surface area contributed by atoms with Gasteiger partial charge in [-0.25, -0.2) is 4.98 Å². The Morgan fingerprint density at radius 3 is 2.81 bits per heavy atom. The summed E-state index contributed by atoms with van der Waals surface area (Å²) in [6.07, 6.45) is 4.61. The monoisotopic (exact) mass is 356 g/mol. The number of carboxylic acid groups (broad SMARTS) is 1. The summed E-state index contributed by atoms with van der Waals surface area (Å²) in [5, 5.41) is 9.90. The van der Waals surface area contributed by atoms with E-state index in [1.807, 2.05) is 42.2 Å². The Labute approximate surface area is 152 Å². The van der Waals surface area contributed by atoms with Crippen molar-refractivity contribution in [3.63, 3.8) is 0 Å². The Morgan fingerprint density at radius 2 is 2.12 bits per heavy atom. The number of aromatic nitrogens is 2. The summed E-state index contributed by atoms with van der Waals surface area (Å²) >= 11 is 0. The van der Waals surface area contributed by atoms with Gasteiger partial charge in [0, 0.05) is 57.6 Å². The van der Waals surface area contributed by atoms with E-state index in [-0.39, 0.29) is 0 Å². The smallest absolute Gasteiger partial charge is 0.325 e. The highest BCUT2D eigenvalue weighted by atomic mass is 16.5. The quantitative estimate of drug-likeness (QED) is 0.871. The second kappa shape index (κ2) is 7.09. The van der Waals surface area contributed by atoms with Gasteiger partial charge < -0.3 is 14.4 Å². The molecule has 0 aliphatic carbocycles. The van der Waals surface area contributed by atoms with E-state index in [1.165, 1.54) is 0 Å². The van der Waals surface area contributed by atoms with Crippen LogP contribution in [0.25, 0.3) is 0 Å². The molecule has 1 N–H and O–H groups in total. The third-order valence-corrected chi connectivity index (χ3v) is 5.33. The first-order valence-electron chi connectivity index (χ1n) is 9.03. The largest absolute Gasteiger partial charge is 0.493 e. The van der Waals surface area contributed by atoms with E-state index >= 15 is 0 Å². The molecule has 1 aromatic carbocycles. The molecular formula is C19H24N4O3. The molecule has 26 heavy (non-hydrogen) atoms. The molecule has 2 aliphatic rings. The SMILES string of the molecule is Cn1ccnc1CN1CCN([C@@H](C(=O)O)c2cccc3c2OCC3)CC1. The van der Waals surface area contributed by atoms with Crippen LogP contribution in [0.4, 0.5) is 0 Å². The third-order valence-electron chi connectivity index (χ3n) is 5.33. The van der Waals surface area contributed by atoms with E-state index in [2.05, 4.69) is 14.8 Å². The molecule has 1 saturated heterocycles. The van der Waals surface area contributed by atoms with Gasteiger partial charge in [-0.2, -0.15) is 0 Å². The van der Waals surface area contributed by atoms with Gasteiger partial charge in [0.2, 0.25) is 0 Å². The van der Waals surface area contributed by atoms with Crippen LogP contribution in [0.2, 0.25) is 0 Å². The van der Waals surface area contributed by atoms with Crippen LogP contribution >= 0.6 is 0 Å². The predicted molar refractivity (Wildman–Crippen MR) is 96.1 cm³/mol. The fourth-order valence-electron chi connectivity index (χ4n) is 3.87. The highest BCUT2D eigenvalue weighted by Gasteiger charge is 2.34. The zero-order chi connectivity index (χ0) is 18.1. The van der Waals surface area contributed by atoms with Crippen LogP contribution in [0.5, 0.6) is 5.75 Å². The minimum absolute atomic E-state index is 0.635. The van der Waals surface area contributed by atoms with E-state index < -0.39 is 12.0 Å². The minimum Gasteiger partial charge on any atom is -0.493 e. The summed E-state index contributed by atoms with van der Waals surface area (Å²) in [4.78, 5) is 20.8. The second-order valence-corrected chi connectivity index (χ2v) is 6.94. The molecule has 138 valence electrons. The summed E-state index contributed by atoms with van der Waals surface area (Å²) in [5.41, 5.74) is 1.90. The van der Waals surface area contributed by atoms with Crippen LogP contribution in [0.3, 0.4) is 0 Å². The van der Waals surface area contributed by atoms with Crippen molar-refractivity contribution in [3.8, 4) is 5.75 Å². The van der Waals surface area contributed by atoms with Crippen molar-refractivity contribution in [1.29, 1.82) is 0 Å². The number of imidazole rings is 1. The molecule has 0 saturated carbocycles. The topological polar surface area (TPSA) is 70.8 Å². The molecule has 4 rings (SSSR count). The van der Waals surface area contributed by atoms with Gasteiger partial charge in [-0.1, -0.05) is 18.2 Å². The first-order chi connectivity index (χ1) is 12.6. The number of hydrogen-bond acceptors (Lipinski definition) is 5. The first kappa shape index (κ1) is 17.1. The Bertz CT molecular complexity index is 796. The fourth-order valence-corrected chi connectivity index (χ4v) is 3.87. The Kier molecular flexibility index (Phi) is 4.65. The van der Waals surface area contributed by atoms with Crippen molar-refractivity contribution >= 4 is 5.97 Å². The summed E-state index contributed by atoms with van der Waals surface area (Å²) in [7, 11) is 2.00. The fraction of sp³-hybridized carbons (Fsp3) is 0.474. The molecule has 1 atom stereocenters. The lowest BCUT2D eigenvalue weighted by molar-refractivity contribution is -0.144. The van der Waals surface area contributed by atoms with Crippen LogP contribution in [0.1, 0.15) is 23.0 Å². The zero-order valence-corrected chi connectivity index (χ0v) is 15.0. The van der Waals surface area contributed by atoms with Gasteiger partial charge in [0.1, 0.15) is 17.6 Å². The number of carbonyl (C=O) groups is 1. The number of aryl methyl sites for hydroxylation is 1. The summed E-state index contributed by atoms with van der Waals surface area (Å²) in [6.45, 7) is 4.50. The molecular weight excluding hydrogens is 332 g/mol.